The molecule has 1 aliphatic rings. The molecule has 1 rings (SSSR count). The van der Waals surface area contributed by atoms with E-state index in [4.69, 9.17) is 5.11 Å². The van der Waals surface area contributed by atoms with Crippen molar-refractivity contribution in [2.24, 2.45) is 5.92 Å². The Morgan fingerprint density at radius 2 is 1.75 bits per heavy atom. The van der Waals surface area contributed by atoms with E-state index in [1.54, 1.807) is 0 Å². The quantitative estimate of drug-likeness (QED) is 0.750. The highest BCUT2D eigenvalue weighted by Gasteiger charge is 2.22. The molecule has 0 bridgehead atoms. The van der Waals surface area contributed by atoms with Crippen LogP contribution >= 0.6 is 0 Å². The molecular weight excluding hydrogens is 208 g/mol. The second-order valence-electron chi connectivity index (χ2n) is 4.47. The molecule has 0 spiro atoms. The first-order valence-corrected chi connectivity index (χ1v) is 5.73. The molecule has 1 N–H and O–H groups in total. The van der Waals surface area contributed by atoms with E-state index in [1.807, 2.05) is 18.7 Å². The van der Waals surface area contributed by atoms with Crippen molar-refractivity contribution in [3.63, 3.8) is 0 Å². The zero-order valence-corrected chi connectivity index (χ0v) is 9.98. The molecule has 0 aromatic carbocycles. The summed E-state index contributed by atoms with van der Waals surface area (Å²) in [5.74, 6) is -0.524. The van der Waals surface area contributed by atoms with Crippen molar-refractivity contribution in [2.45, 2.75) is 20.3 Å². The Labute approximate surface area is 96.0 Å². The number of aliphatic carboxylic acids is 1. The van der Waals surface area contributed by atoms with Crippen LogP contribution in [-0.2, 0) is 9.59 Å². The lowest BCUT2D eigenvalue weighted by molar-refractivity contribution is -0.139. The molecule has 92 valence electrons. The van der Waals surface area contributed by atoms with Crippen molar-refractivity contribution in [3.05, 3.63) is 0 Å². The molecule has 0 aromatic rings. The Kier molecular flexibility index (Phi) is 4.73. The molecule has 5 heteroatoms. The van der Waals surface area contributed by atoms with Crippen LogP contribution in [0.2, 0.25) is 0 Å². The summed E-state index contributed by atoms with van der Waals surface area (Å²) in [7, 11) is 0. The van der Waals surface area contributed by atoms with Gasteiger partial charge < -0.3 is 10.0 Å². The third-order valence-electron chi connectivity index (χ3n) is 2.82. The maximum Gasteiger partial charge on any atom is 0.304 e. The summed E-state index contributed by atoms with van der Waals surface area (Å²) >= 11 is 0. The summed E-state index contributed by atoms with van der Waals surface area (Å²) in [6, 6.07) is 0. The Morgan fingerprint density at radius 1 is 1.19 bits per heavy atom. The van der Waals surface area contributed by atoms with Crippen LogP contribution in [0.15, 0.2) is 0 Å². The Hall–Kier alpha value is -1.10. The fourth-order valence-corrected chi connectivity index (χ4v) is 1.81. The number of amides is 1. The third kappa shape index (κ3) is 3.81. The Bertz CT molecular complexity index is 258. The molecule has 1 fully saturated rings. The molecule has 0 aromatic heterocycles. The van der Waals surface area contributed by atoms with Gasteiger partial charge in [0, 0.05) is 38.6 Å². The number of carbonyl (C=O) groups is 2. The van der Waals surface area contributed by atoms with Crippen molar-refractivity contribution >= 4 is 11.9 Å². The van der Waals surface area contributed by atoms with Gasteiger partial charge in [-0.15, -0.1) is 0 Å². The molecule has 16 heavy (non-hydrogen) atoms. The van der Waals surface area contributed by atoms with Gasteiger partial charge in [-0.3, -0.25) is 14.5 Å². The SMILES string of the molecule is CC(C)C(=O)N1CCN(CCC(=O)O)CC1. The number of rotatable bonds is 4. The second kappa shape index (κ2) is 5.84. The molecule has 0 aliphatic carbocycles. The van der Waals surface area contributed by atoms with Crippen molar-refractivity contribution in [3.8, 4) is 0 Å². The smallest absolute Gasteiger partial charge is 0.304 e. The van der Waals surface area contributed by atoms with Gasteiger partial charge in [-0.1, -0.05) is 13.8 Å². The van der Waals surface area contributed by atoms with Crippen LogP contribution in [0.3, 0.4) is 0 Å². The molecule has 1 amide bonds. The largest absolute Gasteiger partial charge is 0.481 e. The van der Waals surface area contributed by atoms with Crippen LogP contribution in [0.25, 0.3) is 0 Å². The van der Waals surface area contributed by atoms with Gasteiger partial charge in [0.15, 0.2) is 0 Å². The number of carboxylic acids is 1. The van der Waals surface area contributed by atoms with Crippen LogP contribution in [0.1, 0.15) is 20.3 Å². The fraction of sp³-hybridized carbons (Fsp3) is 0.818. The molecule has 0 atom stereocenters. The predicted molar refractivity (Wildman–Crippen MR) is 60.1 cm³/mol. The summed E-state index contributed by atoms with van der Waals surface area (Å²) in [6.45, 7) is 7.39. The van der Waals surface area contributed by atoms with Crippen molar-refractivity contribution in [1.29, 1.82) is 0 Å². The van der Waals surface area contributed by atoms with Gasteiger partial charge in [0.1, 0.15) is 0 Å². The number of carbonyl (C=O) groups excluding carboxylic acids is 1. The van der Waals surface area contributed by atoms with E-state index in [0.29, 0.717) is 6.54 Å². The molecule has 1 aliphatic heterocycles. The lowest BCUT2D eigenvalue weighted by Gasteiger charge is -2.35. The first kappa shape index (κ1) is 13.0. The van der Waals surface area contributed by atoms with Gasteiger partial charge in [-0.05, 0) is 0 Å². The average Bonchev–Trinajstić information content (AvgIpc) is 2.26. The van der Waals surface area contributed by atoms with Crippen LogP contribution in [0.4, 0.5) is 0 Å². The van der Waals surface area contributed by atoms with E-state index in [9.17, 15) is 9.59 Å². The number of hydrogen-bond donors (Lipinski definition) is 1. The molecular formula is C11H20N2O3. The standard InChI is InChI=1S/C11H20N2O3/c1-9(2)11(16)13-7-5-12(6-8-13)4-3-10(14)15/h9H,3-8H2,1-2H3,(H,14,15). The lowest BCUT2D eigenvalue weighted by atomic mass is 10.1. The molecule has 1 saturated heterocycles. The van der Waals surface area contributed by atoms with E-state index < -0.39 is 5.97 Å². The zero-order chi connectivity index (χ0) is 12.1. The van der Waals surface area contributed by atoms with E-state index in [1.165, 1.54) is 0 Å². The highest BCUT2D eigenvalue weighted by molar-refractivity contribution is 5.78. The van der Waals surface area contributed by atoms with E-state index in [-0.39, 0.29) is 18.2 Å². The highest BCUT2D eigenvalue weighted by atomic mass is 16.4. The number of carboxylic acid groups (broad SMARTS) is 1. The summed E-state index contributed by atoms with van der Waals surface area (Å²) < 4.78 is 0. The maximum absolute atomic E-state index is 11.7. The zero-order valence-electron chi connectivity index (χ0n) is 9.98. The van der Waals surface area contributed by atoms with Crippen molar-refractivity contribution in [2.75, 3.05) is 32.7 Å². The lowest BCUT2D eigenvalue weighted by Crippen LogP contribution is -2.50. The third-order valence-corrected chi connectivity index (χ3v) is 2.82. The first-order chi connectivity index (χ1) is 7.50. The number of piperazine rings is 1. The minimum atomic E-state index is -0.763. The molecule has 0 unspecified atom stereocenters. The molecule has 1 heterocycles. The van der Waals surface area contributed by atoms with Crippen LogP contribution < -0.4 is 0 Å². The summed E-state index contributed by atoms with van der Waals surface area (Å²) in [4.78, 5) is 26.1. The summed E-state index contributed by atoms with van der Waals surface area (Å²) in [6.07, 6.45) is 0.179. The van der Waals surface area contributed by atoms with Crippen molar-refractivity contribution < 1.29 is 14.7 Å². The van der Waals surface area contributed by atoms with Gasteiger partial charge >= 0.3 is 5.97 Å². The Morgan fingerprint density at radius 3 is 2.19 bits per heavy atom. The van der Waals surface area contributed by atoms with Gasteiger partial charge in [0.05, 0.1) is 6.42 Å². The summed E-state index contributed by atoms with van der Waals surface area (Å²) in [5, 5.41) is 8.57. The van der Waals surface area contributed by atoms with Gasteiger partial charge in [-0.2, -0.15) is 0 Å². The first-order valence-electron chi connectivity index (χ1n) is 5.73. The topological polar surface area (TPSA) is 60.9 Å². The van der Waals surface area contributed by atoms with Gasteiger partial charge in [0.2, 0.25) is 5.91 Å². The molecule has 0 saturated carbocycles. The van der Waals surface area contributed by atoms with Crippen LogP contribution in [-0.4, -0.2) is 59.5 Å². The summed E-state index contributed by atoms with van der Waals surface area (Å²) in [5.41, 5.74) is 0. The van der Waals surface area contributed by atoms with Crippen LogP contribution in [0.5, 0.6) is 0 Å². The van der Waals surface area contributed by atoms with E-state index in [2.05, 4.69) is 4.90 Å². The average molecular weight is 228 g/mol. The monoisotopic (exact) mass is 228 g/mol. The van der Waals surface area contributed by atoms with Gasteiger partial charge in [0.25, 0.3) is 0 Å². The number of hydrogen-bond acceptors (Lipinski definition) is 3. The van der Waals surface area contributed by atoms with E-state index in [0.717, 1.165) is 26.2 Å². The second-order valence-corrected chi connectivity index (χ2v) is 4.47. The molecule has 0 radical (unpaired) electrons. The highest BCUT2D eigenvalue weighted by Crippen LogP contribution is 2.07. The van der Waals surface area contributed by atoms with Crippen LogP contribution in [0, 0.1) is 5.92 Å². The van der Waals surface area contributed by atoms with Crippen molar-refractivity contribution in [1.82, 2.24) is 9.80 Å². The minimum absolute atomic E-state index is 0.0468. The van der Waals surface area contributed by atoms with E-state index >= 15 is 0 Å². The maximum atomic E-state index is 11.7. The molecule has 5 nitrogen and oxygen atoms in total. The number of nitrogens with zero attached hydrogens (tertiary/aromatic N) is 2. The fourth-order valence-electron chi connectivity index (χ4n) is 1.81. The minimum Gasteiger partial charge on any atom is -0.481 e. The Balaban J connectivity index is 2.28. The normalized spacial score (nSPS) is 17.8. The van der Waals surface area contributed by atoms with Gasteiger partial charge in [-0.25, -0.2) is 0 Å². The predicted octanol–water partition coefficient (Wildman–Crippen LogP) is 0.261.